The van der Waals surface area contributed by atoms with Gasteiger partial charge in [-0.1, -0.05) is 24.3 Å². The third-order valence-electron chi connectivity index (χ3n) is 4.38. The molecule has 1 aromatic carbocycles. The number of aryl methyl sites for hydroxylation is 1. The fourth-order valence-corrected chi connectivity index (χ4v) is 3.02. The zero-order chi connectivity index (χ0) is 14.5. The van der Waals surface area contributed by atoms with E-state index < -0.39 is 0 Å². The molecule has 2 aliphatic rings. The van der Waals surface area contributed by atoms with Crippen LogP contribution < -0.4 is 5.46 Å². The van der Waals surface area contributed by atoms with Crippen LogP contribution >= 0.6 is 0 Å². The van der Waals surface area contributed by atoms with Crippen molar-refractivity contribution in [2.75, 3.05) is 53.0 Å². The molecular formula is C16H25BN2O2. The molecule has 5 heteroatoms. The lowest BCUT2D eigenvalue weighted by molar-refractivity contribution is 0.153. The Balaban J connectivity index is 1.45. The number of piperazine rings is 1. The first-order valence-electron chi connectivity index (χ1n) is 8.04. The molecule has 0 radical (unpaired) electrons. The van der Waals surface area contributed by atoms with E-state index in [9.17, 15) is 0 Å². The lowest BCUT2D eigenvalue weighted by Crippen LogP contribution is -2.44. The van der Waals surface area contributed by atoms with Crippen molar-refractivity contribution in [2.24, 2.45) is 0 Å². The van der Waals surface area contributed by atoms with Crippen LogP contribution in [0.15, 0.2) is 24.3 Å². The van der Waals surface area contributed by atoms with Gasteiger partial charge in [-0.3, -0.25) is 0 Å². The van der Waals surface area contributed by atoms with E-state index in [2.05, 4.69) is 41.1 Å². The predicted molar refractivity (Wildman–Crippen MR) is 86.0 cm³/mol. The molecule has 0 amide bonds. The Bertz CT molecular complexity index is 444. The van der Waals surface area contributed by atoms with E-state index in [1.165, 1.54) is 44.7 Å². The van der Waals surface area contributed by atoms with Crippen molar-refractivity contribution in [3.63, 3.8) is 0 Å². The quantitative estimate of drug-likeness (QED) is 0.741. The van der Waals surface area contributed by atoms with Gasteiger partial charge in [-0.2, -0.15) is 0 Å². The SMILES string of the molecule is CN1CCN(CCCc2cccc(B3OCCO3)c2)CC1. The Labute approximate surface area is 128 Å². The molecule has 0 atom stereocenters. The molecule has 21 heavy (non-hydrogen) atoms. The Hall–Kier alpha value is -0.875. The summed E-state index contributed by atoms with van der Waals surface area (Å²) >= 11 is 0. The van der Waals surface area contributed by atoms with Gasteiger partial charge in [0.2, 0.25) is 0 Å². The molecule has 2 heterocycles. The van der Waals surface area contributed by atoms with Crippen LogP contribution in [-0.2, 0) is 15.7 Å². The van der Waals surface area contributed by atoms with Crippen molar-refractivity contribution in [3.05, 3.63) is 29.8 Å². The minimum absolute atomic E-state index is 0.150. The Morgan fingerprint density at radius 3 is 2.62 bits per heavy atom. The zero-order valence-electron chi connectivity index (χ0n) is 13.0. The van der Waals surface area contributed by atoms with E-state index in [0.717, 1.165) is 11.9 Å². The van der Waals surface area contributed by atoms with Gasteiger partial charge in [0.25, 0.3) is 0 Å². The summed E-state index contributed by atoms with van der Waals surface area (Å²) < 4.78 is 11.1. The van der Waals surface area contributed by atoms with Gasteiger partial charge in [-0.05, 0) is 37.5 Å². The fourth-order valence-electron chi connectivity index (χ4n) is 3.02. The number of hydrogen-bond donors (Lipinski definition) is 0. The van der Waals surface area contributed by atoms with Gasteiger partial charge >= 0.3 is 7.12 Å². The second-order valence-corrected chi connectivity index (χ2v) is 6.07. The highest BCUT2D eigenvalue weighted by Gasteiger charge is 2.26. The van der Waals surface area contributed by atoms with E-state index >= 15 is 0 Å². The molecule has 0 aliphatic carbocycles. The number of rotatable bonds is 5. The molecule has 3 rings (SSSR count). The minimum Gasteiger partial charge on any atom is -0.405 e. The van der Waals surface area contributed by atoms with Crippen molar-refractivity contribution >= 4 is 12.6 Å². The highest BCUT2D eigenvalue weighted by atomic mass is 16.6. The molecule has 0 saturated carbocycles. The first-order chi connectivity index (χ1) is 10.3. The largest absolute Gasteiger partial charge is 0.494 e. The summed E-state index contributed by atoms with van der Waals surface area (Å²) in [5.74, 6) is 0. The lowest BCUT2D eigenvalue weighted by atomic mass is 9.78. The molecule has 1 aromatic rings. The third-order valence-corrected chi connectivity index (χ3v) is 4.38. The van der Waals surface area contributed by atoms with Gasteiger partial charge in [0.05, 0.1) is 13.2 Å². The van der Waals surface area contributed by atoms with Crippen molar-refractivity contribution in [1.82, 2.24) is 9.80 Å². The van der Waals surface area contributed by atoms with E-state index in [1.807, 2.05) is 0 Å². The van der Waals surface area contributed by atoms with Crippen molar-refractivity contribution in [1.29, 1.82) is 0 Å². The van der Waals surface area contributed by atoms with Crippen molar-refractivity contribution in [2.45, 2.75) is 12.8 Å². The average Bonchev–Trinajstić information content (AvgIpc) is 3.04. The van der Waals surface area contributed by atoms with Crippen LogP contribution in [0.5, 0.6) is 0 Å². The monoisotopic (exact) mass is 288 g/mol. The molecule has 0 N–H and O–H groups in total. The van der Waals surface area contributed by atoms with Crippen LogP contribution in [0.3, 0.4) is 0 Å². The molecule has 0 spiro atoms. The second kappa shape index (κ2) is 7.41. The molecule has 2 fully saturated rings. The van der Waals surface area contributed by atoms with E-state index in [1.54, 1.807) is 0 Å². The van der Waals surface area contributed by atoms with Crippen molar-refractivity contribution in [3.8, 4) is 0 Å². The smallest absolute Gasteiger partial charge is 0.405 e. The average molecular weight is 288 g/mol. The van der Waals surface area contributed by atoms with E-state index in [4.69, 9.17) is 9.31 Å². The van der Waals surface area contributed by atoms with E-state index in [-0.39, 0.29) is 7.12 Å². The number of hydrogen-bond acceptors (Lipinski definition) is 4. The topological polar surface area (TPSA) is 24.9 Å². The molecule has 114 valence electrons. The van der Waals surface area contributed by atoms with Crippen LogP contribution in [-0.4, -0.2) is 69.9 Å². The molecule has 0 unspecified atom stereocenters. The van der Waals surface area contributed by atoms with Crippen molar-refractivity contribution < 1.29 is 9.31 Å². The minimum atomic E-state index is -0.150. The highest BCUT2D eigenvalue weighted by Crippen LogP contribution is 2.07. The predicted octanol–water partition coefficient (Wildman–Crippen LogP) is 0.609. The fraction of sp³-hybridized carbons (Fsp3) is 0.625. The molecule has 4 nitrogen and oxygen atoms in total. The standard InChI is InChI=1S/C16H25BN2O2/c1-18-8-10-19(11-9-18)7-3-5-15-4-2-6-16(14-15)17-20-12-13-21-17/h2,4,6,14H,3,5,7-13H2,1H3. The molecule has 0 aromatic heterocycles. The maximum Gasteiger partial charge on any atom is 0.494 e. The van der Waals surface area contributed by atoms with Gasteiger partial charge in [0.15, 0.2) is 0 Å². The van der Waals surface area contributed by atoms with Crippen LogP contribution in [0.25, 0.3) is 0 Å². The Morgan fingerprint density at radius 2 is 1.86 bits per heavy atom. The maximum atomic E-state index is 5.57. The van der Waals surface area contributed by atoms with E-state index in [0.29, 0.717) is 13.2 Å². The van der Waals surface area contributed by atoms with Gasteiger partial charge in [0.1, 0.15) is 0 Å². The van der Waals surface area contributed by atoms with Crippen LogP contribution in [0, 0.1) is 0 Å². The van der Waals surface area contributed by atoms with Gasteiger partial charge in [-0.25, -0.2) is 0 Å². The summed E-state index contributed by atoms with van der Waals surface area (Å²) in [4.78, 5) is 4.98. The molecule has 2 aliphatic heterocycles. The van der Waals surface area contributed by atoms with Gasteiger partial charge in [0, 0.05) is 26.2 Å². The van der Waals surface area contributed by atoms with Gasteiger partial charge < -0.3 is 19.1 Å². The summed E-state index contributed by atoms with van der Waals surface area (Å²) in [5, 5.41) is 0. The number of nitrogens with zero attached hydrogens (tertiary/aromatic N) is 2. The molecular weight excluding hydrogens is 263 g/mol. The summed E-state index contributed by atoms with van der Waals surface area (Å²) in [6, 6.07) is 8.66. The highest BCUT2D eigenvalue weighted by molar-refractivity contribution is 6.61. The van der Waals surface area contributed by atoms with Gasteiger partial charge in [-0.15, -0.1) is 0 Å². The molecule has 0 bridgehead atoms. The first kappa shape index (κ1) is 15.0. The summed E-state index contributed by atoms with van der Waals surface area (Å²) in [5.41, 5.74) is 2.55. The summed E-state index contributed by atoms with van der Waals surface area (Å²) in [6.45, 7) is 7.43. The van der Waals surface area contributed by atoms with Crippen LogP contribution in [0.4, 0.5) is 0 Å². The first-order valence-corrected chi connectivity index (χ1v) is 8.04. The summed E-state index contributed by atoms with van der Waals surface area (Å²) in [7, 11) is 2.05. The normalized spacial score (nSPS) is 21.1. The Morgan fingerprint density at radius 1 is 1.10 bits per heavy atom. The number of benzene rings is 1. The summed E-state index contributed by atoms with van der Waals surface area (Å²) in [6.07, 6.45) is 2.35. The van der Waals surface area contributed by atoms with Crippen LogP contribution in [0.2, 0.25) is 0 Å². The van der Waals surface area contributed by atoms with Crippen LogP contribution in [0.1, 0.15) is 12.0 Å². The third kappa shape index (κ3) is 4.30. The second-order valence-electron chi connectivity index (χ2n) is 6.07. The molecule has 2 saturated heterocycles. The lowest BCUT2D eigenvalue weighted by Gasteiger charge is -2.32. The maximum absolute atomic E-state index is 5.57. The number of likely N-dealkylation sites (N-methyl/N-ethyl adjacent to an activating group) is 1. The Kier molecular flexibility index (Phi) is 5.30. The zero-order valence-corrected chi connectivity index (χ0v) is 13.0.